The normalized spacial score (nSPS) is 10.2. The Bertz CT molecular complexity index is 649. The largest absolute Gasteiger partial charge is 0.490 e. The number of ether oxygens (including phenoxy) is 2. The van der Waals surface area contributed by atoms with Gasteiger partial charge in [0.15, 0.2) is 0 Å². The van der Waals surface area contributed by atoms with Crippen LogP contribution in [0.2, 0.25) is 5.02 Å². The second-order valence-corrected chi connectivity index (χ2v) is 5.51. The van der Waals surface area contributed by atoms with Gasteiger partial charge in [0, 0.05) is 9.50 Å². The Balaban J connectivity index is 1.90. The van der Waals surface area contributed by atoms with Crippen molar-refractivity contribution in [1.82, 2.24) is 0 Å². The number of amides is 1. The second kappa shape index (κ2) is 7.33. The van der Waals surface area contributed by atoms with Crippen LogP contribution in [0.5, 0.6) is 11.5 Å². The van der Waals surface area contributed by atoms with Crippen LogP contribution < -0.4 is 15.2 Å². The Hall–Kier alpha value is -1.72. The van der Waals surface area contributed by atoms with Gasteiger partial charge in [-0.3, -0.25) is 4.79 Å². The van der Waals surface area contributed by atoms with Gasteiger partial charge in [-0.25, -0.2) is 0 Å². The molecule has 0 aromatic heterocycles. The van der Waals surface area contributed by atoms with Crippen LogP contribution in [0.3, 0.4) is 0 Å². The Kier molecular flexibility index (Phi) is 5.47. The van der Waals surface area contributed by atoms with Crippen LogP contribution in [0.15, 0.2) is 46.9 Å². The highest BCUT2D eigenvalue weighted by molar-refractivity contribution is 9.10. The topological polar surface area (TPSA) is 61.6 Å². The molecule has 4 nitrogen and oxygen atoms in total. The summed E-state index contributed by atoms with van der Waals surface area (Å²) in [4.78, 5) is 11.3. The minimum Gasteiger partial charge on any atom is -0.490 e. The van der Waals surface area contributed by atoms with Crippen molar-refractivity contribution in [3.8, 4) is 11.5 Å². The number of hydrogen-bond acceptors (Lipinski definition) is 3. The summed E-state index contributed by atoms with van der Waals surface area (Å²) in [6.07, 6.45) is 0. The van der Waals surface area contributed by atoms with Crippen molar-refractivity contribution in [2.75, 3.05) is 13.2 Å². The fourth-order valence-electron chi connectivity index (χ4n) is 1.69. The van der Waals surface area contributed by atoms with E-state index in [4.69, 9.17) is 26.8 Å². The molecule has 110 valence electrons. The Labute approximate surface area is 135 Å². The third kappa shape index (κ3) is 4.65. The van der Waals surface area contributed by atoms with Gasteiger partial charge < -0.3 is 15.2 Å². The zero-order chi connectivity index (χ0) is 15.2. The standard InChI is InChI=1S/C15H13BrClNO3/c16-10-2-1-3-12(8-10)20-6-7-21-14-5-4-11(17)9-13(14)15(18)19/h1-5,8-9H,6-7H2,(H2,18,19). The summed E-state index contributed by atoms with van der Waals surface area (Å²) < 4.78 is 12.0. The van der Waals surface area contributed by atoms with E-state index in [2.05, 4.69) is 15.9 Å². The highest BCUT2D eigenvalue weighted by Gasteiger charge is 2.10. The first kappa shape index (κ1) is 15.7. The van der Waals surface area contributed by atoms with Crippen LogP contribution in [0.1, 0.15) is 10.4 Å². The van der Waals surface area contributed by atoms with Crippen molar-refractivity contribution in [2.24, 2.45) is 5.73 Å². The van der Waals surface area contributed by atoms with E-state index in [9.17, 15) is 4.79 Å². The van der Waals surface area contributed by atoms with E-state index in [1.807, 2.05) is 24.3 Å². The van der Waals surface area contributed by atoms with Crippen molar-refractivity contribution < 1.29 is 14.3 Å². The summed E-state index contributed by atoms with van der Waals surface area (Å²) >= 11 is 9.19. The zero-order valence-electron chi connectivity index (χ0n) is 11.0. The fraction of sp³-hybridized carbons (Fsp3) is 0.133. The zero-order valence-corrected chi connectivity index (χ0v) is 13.4. The molecule has 1 amide bonds. The molecule has 2 N–H and O–H groups in total. The lowest BCUT2D eigenvalue weighted by atomic mass is 10.2. The SMILES string of the molecule is NC(=O)c1cc(Cl)ccc1OCCOc1cccc(Br)c1. The van der Waals surface area contributed by atoms with E-state index in [0.29, 0.717) is 17.4 Å². The summed E-state index contributed by atoms with van der Waals surface area (Å²) in [7, 11) is 0. The minimum atomic E-state index is -0.583. The van der Waals surface area contributed by atoms with Gasteiger partial charge in [0.1, 0.15) is 24.7 Å². The summed E-state index contributed by atoms with van der Waals surface area (Å²) in [5, 5.41) is 0.432. The number of benzene rings is 2. The molecule has 0 bridgehead atoms. The molecule has 0 unspecified atom stereocenters. The molecule has 2 aromatic carbocycles. The Morgan fingerprint density at radius 2 is 1.90 bits per heavy atom. The molecular weight excluding hydrogens is 358 g/mol. The molecule has 0 atom stereocenters. The Morgan fingerprint density at radius 3 is 2.62 bits per heavy atom. The van der Waals surface area contributed by atoms with Crippen molar-refractivity contribution in [3.05, 3.63) is 57.5 Å². The molecule has 0 saturated carbocycles. The van der Waals surface area contributed by atoms with E-state index in [0.717, 1.165) is 10.2 Å². The van der Waals surface area contributed by atoms with E-state index >= 15 is 0 Å². The lowest BCUT2D eigenvalue weighted by molar-refractivity contribution is 0.0995. The number of nitrogens with two attached hydrogens (primary N) is 1. The molecule has 0 saturated heterocycles. The van der Waals surface area contributed by atoms with Gasteiger partial charge in [-0.15, -0.1) is 0 Å². The van der Waals surface area contributed by atoms with E-state index in [1.54, 1.807) is 12.1 Å². The maximum absolute atomic E-state index is 11.3. The maximum Gasteiger partial charge on any atom is 0.252 e. The molecule has 2 aromatic rings. The molecule has 0 heterocycles. The number of carbonyl (C=O) groups excluding carboxylic acids is 1. The maximum atomic E-state index is 11.3. The number of rotatable bonds is 6. The average Bonchev–Trinajstić information content (AvgIpc) is 2.44. The summed E-state index contributed by atoms with van der Waals surface area (Å²) in [6.45, 7) is 0.631. The first-order chi connectivity index (χ1) is 10.1. The van der Waals surface area contributed by atoms with E-state index < -0.39 is 5.91 Å². The number of hydrogen-bond donors (Lipinski definition) is 1. The molecular formula is C15H13BrClNO3. The van der Waals surface area contributed by atoms with Gasteiger partial charge in [-0.1, -0.05) is 33.6 Å². The fourth-order valence-corrected chi connectivity index (χ4v) is 2.24. The molecule has 0 aliphatic heterocycles. The van der Waals surface area contributed by atoms with E-state index in [-0.39, 0.29) is 12.2 Å². The highest BCUT2D eigenvalue weighted by atomic mass is 79.9. The summed E-state index contributed by atoms with van der Waals surface area (Å²) in [5.74, 6) is 0.546. The smallest absolute Gasteiger partial charge is 0.252 e. The number of carbonyl (C=O) groups is 1. The van der Waals surface area contributed by atoms with Gasteiger partial charge in [-0.2, -0.15) is 0 Å². The minimum absolute atomic E-state index is 0.255. The molecule has 0 radical (unpaired) electrons. The van der Waals surface area contributed by atoms with Crippen LogP contribution >= 0.6 is 27.5 Å². The lowest BCUT2D eigenvalue weighted by Crippen LogP contribution is -2.15. The third-order valence-electron chi connectivity index (χ3n) is 2.61. The predicted octanol–water partition coefficient (Wildman–Crippen LogP) is 3.66. The molecule has 0 fully saturated rings. The molecule has 6 heteroatoms. The predicted molar refractivity (Wildman–Crippen MR) is 85.1 cm³/mol. The van der Waals surface area contributed by atoms with Crippen LogP contribution in [0.4, 0.5) is 0 Å². The highest BCUT2D eigenvalue weighted by Crippen LogP contribution is 2.22. The van der Waals surface area contributed by atoms with Crippen LogP contribution in [-0.2, 0) is 0 Å². The van der Waals surface area contributed by atoms with Gasteiger partial charge in [0.05, 0.1) is 5.56 Å². The summed E-state index contributed by atoms with van der Waals surface area (Å²) in [6, 6.07) is 12.2. The first-order valence-corrected chi connectivity index (χ1v) is 7.34. The molecule has 21 heavy (non-hydrogen) atoms. The molecule has 0 spiro atoms. The van der Waals surface area contributed by atoms with Gasteiger partial charge in [0.2, 0.25) is 0 Å². The van der Waals surface area contributed by atoms with Crippen LogP contribution in [0.25, 0.3) is 0 Å². The monoisotopic (exact) mass is 369 g/mol. The quantitative estimate of drug-likeness (QED) is 0.789. The van der Waals surface area contributed by atoms with Gasteiger partial charge >= 0.3 is 0 Å². The van der Waals surface area contributed by atoms with E-state index in [1.165, 1.54) is 6.07 Å². The average molecular weight is 371 g/mol. The third-order valence-corrected chi connectivity index (χ3v) is 3.34. The van der Waals surface area contributed by atoms with Crippen LogP contribution in [0, 0.1) is 0 Å². The lowest BCUT2D eigenvalue weighted by Gasteiger charge is -2.11. The van der Waals surface area contributed by atoms with Gasteiger partial charge in [0.25, 0.3) is 5.91 Å². The Morgan fingerprint density at radius 1 is 1.14 bits per heavy atom. The number of primary amides is 1. The van der Waals surface area contributed by atoms with Crippen molar-refractivity contribution in [1.29, 1.82) is 0 Å². The first-order valence-electron chi connectivity index (χ1n) is 6.17. The molecule has 0 aliphatic carbocycles. The number of halogens is 2. The molecule has 2 rings (SSSR count). The summed E-state index contributed by atoms with van der Waals surface area (Å²) in [5.41, 5.74) is 5.54. The van der Waals surface area contributed by atoms with Crippen molar-refractivity contribution in [2.45, 2.75) is 0 Å². The van der Waals surface area contributed by atoms with Crippen molar-refractivity contribution >= 4 is 33.4 Å². The van der Waals surface area contributed by atoms with Gasteiger partial charge in [-0.05, 0) is 36.4 Å². The molecule has 0 aliphatic rings. The van der Waals surface area contributed by atoms with Crippen molar-refractivity contribution in [3.63, 3.8) is 0 Å². The van der Waals surface area contributed by atoms with Crippen LogP contribution in [-0.4, -0.2) is 19.1 Å². The second-order valence-electron chi connectivity index (χ2n) is 4.16.